The summed E-state index contributed by atoms with van der Waals surface area (Å²) in [4.78, 5) is 12.0. The number of nitrogens with two attached hydrogens (primary N) is 1. The lowest BCUT2D eigenvalue weighted by Crippen LogP contribution is -2.34. The van der Waals surface area contributed by atoms with E-state index in [1.165, 1.54) is 0 Å². The molecule has 3 N–H and O–H groups in total. The van der Waals surface area contributed by atoms with Gasteiger partial charge in [-0.25, -0.2) is 0 Å². The lowest BCUT2D eigenvalue weighted by molar-refractivity contribution is 0.0934. The highest BCUT2D eigenvalue weighted by Crippen LogP contribution is 2.13. The Morgan fingerprint density at radius 3 is 2.50 bits per heavy atom. The number of benzene rings is 1. The van der Waals surface area contributed by atoms with Crippen molar-refractivity contribution >= 4 is 11.6 Å². The molecule has 1 aromatic carbocycles. The van der Waals surface area contributed by atoms with E-state index in [2.05, 4.69) is 19.2 Å². The van der Waals surface area contributed by atoms with Gasteiger partial charge in [0.05, 0.1) is 0 Å². The smallest absolute Gasteiger partial charge is 0.251 e. The molecule has 0 bridgehead atoms. The molecule has 0 unspecified atom stereocenters. The van der Waals surface area contributed by atoms with E-state index in [1.54, 1.807) is 12.1 Å². The van der Waals surface area contributed by atoms with E-state index in [0.29, 0.717) is 11.3 Å². The predicted molar refractivity (Wildman–Crippen MR) is 67.4 cm³/mol. The molecule has 0 atom stereocenters. The van der Waals surface area contributed by atoms with Gasteiger partial charge in [0, 0.05) is 17.3 Å². The minimum atomic E-state index is -0.00815. The van der Waals surface area contributed by atoms with Crippen LogP contribution in [0, 0.1) is 6.92 Å². The van der Waals surface area contributed by atoms with E-state index in [-0.39, 0.29) is 11.9 Å². The third-order valence-electron chi connectivity index (χ3n) is 2.82. The minimum absolute atomic E-state index is 0.00815. The summed E-state index contributed by atoms with van der Waals surface area (Å²) in [6.07, 6.45) is 1.91. The van der Waals surface area contributed by atoms with E-state index < -0.39 is 0 Å². The van der Waals surface area contributed by atoms with Crippen LogP contribution in [0.3, 0.4) is 0 Å². The Bertz CT molecular complexity index is 370. The number of nitrogens with one attached hydrogen (secondary N) is 1. The van der Waals surface area contributed by atoms with Crippen LogP contribution in [0.2, 0.25) is 0 Å². The maximum Gasteiger partial charge on any atom is 0.251 e. The molecule has 0 aliphatic rings. The number of carbonyl (C=O) groups excluding carboxylic acids is 1. The van der Waals surface area contributed by atoms with E-state index in [0.717, 1.165) is 18.4 Å². The van der Waals surface area contributed by atoms with E-state index >= 15 is 0 Å². The number of nitrogen functional groups attached to an aromatic ring is 1. The van der Waals surface area contributed by atoms with Crippen LogP contribution in [0.25, 0.3) is 0 Å². The van der Waals surface area contributed by atoms with Crippen molar-refractivity contribution in [3.05, 3.63) is 29.3 Å². The first kappa shape index (κ1) is 12.6. The summed E-state index contributed by atoms with van der Waals surface area (Å²) < 4.78 is 0. The van der Waals surface area contributed by atoms with Gasteiger partial charge in [0.2, 0.25) is 0 Å². The molecule has 3 nitrogen and oxygen atoms in total. The van der Waals surface area contributed by atoms with Gasteiger partial charge >= 0.3 is 0 Å². The second kappa shape index (κ2) is 5.54. The first-order valence-electron chi connectivity index (χ1n) is 5.75. The van der Waals surface area contributed by atoms with Crippen LogP contribution < -0.4 is 11.1 Å². The van der Waals surface area contributed by atoms with Crippen molar-refractivity contribution in [2.75, 3.05) is 5.73 Å². The SMILES string of the molecule is CCC(CC)NC(=O)c1ccc(N)cc1C. The quantitative estimate of drug-likeness (QED) is 0.766. The number of anilines is 1. The number of amides is 1. The van der Waals surface area contributed by atoms with Crippen LogP contribution in [0.5, 0.6) is 0 Å². The zero-order valence-corrected chi connectivity index (χ0v) is 10.2. The molecule has 3 heteroatoms. The Balaban J connectivity index is 2.80. The number of carbonyl (C=O) groups is 1. The summed E-state index contributed by atoms with van der Waals surface area (Å²) >= 11 is 0. The molecule has 1 amide bonds. The van der Waals surface area contributed by atoms with Crippen LogP contribution >= 0.6 is 0 Å². The summed E-state index contributed by atoms with van der Waals surface area (Å²) in [5, 5.41) is 3.01. The van der Waals surface area contributed by atoms with Crippen molar-refractivity contribution in [2.45, 2.75) is 39.7 Å². The highest BCUT2D eigenvalue weighted by atomic mass is 16.1. The first-order chi connectivity index (χ1) is 7.58. The molecule has 88 valence electrons. The van der Waals surface area contributed by atoms with Crippen molar-refractivity contribution in [1.29, 1.82) is 0 Å². The summed E-state index contributed by atoms with van der Waals surface area (Å²) in [5.74, 6) is -0.00815. The molecule has 0 saturated heterocycles. The summed E-state index contributed by atoms with van der Waals surface area (Å²) in [6, 6.07) is 5.61. The Morgan fingerprint density at radius 2 is 2.00 bits per heavy atom. The van der Waals surface area contributed by atoms with Gasteiger partial charge in [-0.2, -0.15) is 0 Å². The van der Waals surface area contributed by atoms with Crippen LogP contribution in [-0.4, -0.2) is 11.9 Å². The van der Waals surface area contributed by atoms with Gasteiger partial charge in [0.15, 0.2) is 0 Å². The minimum Gasteiger partial charge on any atom is -0.399 e. The number of hydrogen-bond acceptors (Lipinski definition) is 2. The molecule has 0 aliphatic heterocycles. The second-order valence-electron chi connectivity index (χ2n) is 4.06. The molecule has 0 fully saturated rings. The maximum atomic E-state index is 12.0. The van der Waals surface area contributed by atoms with Crippen LogP contribution in [0.4, 0.5) is 5.69 Å². The molecule has 0 aliphatic carbocycles. The summed E-state index contributed by atoms with van der Waals surface area (Å²) in [7, 11) is 0. The monoisotopic (exact) mass is 220 g/mol. The molecule has 1 rings (SSSR count). The third-order valence-corrected chi connectivity index (χ3v) is 2.82. The summed E-state index contributed by atoms with van der Waals surface area (Å²) in [5.41, 5.74) is 7.97. The largest absolute Gasteiger partial charge is 0.399 e. The molecule has 0 saturated carbocycles. The Kier molecular flexibility index (Phi) is 4.35. The topological polar surface area (TPSA) is 55.1 Å². The van der Waals surface area contributed by atoms with E-state index in [9.17, 15) is 4.79 Å². The van der Waals surface area contributed by atoms with Crippen LogP contribution in [-0.2, 0) is 0 Å². The average Bonchev–Trinajstić information content (AvgIpc) is 2.25. The van der Waals surface area contributed by atoms with Gasteiger partial charge in [-0.1, -0.05) is 13.8 Å². The van der Waals surface area contributed by atoms with Gasteiger partial charge in [0.25, 0.3) is 5.91 Å². The van der Waals surface area contributed by atoms with Gasteiger partial charge in [-0.05, 0) is 43.5 Å². The highest BCUT2D eigenvalue weighted by Gasteiger charge is 2.12. The molecule has 0 aromatic heterocycles. The third kappa shape index (κ3) is 2.99. The summed E-state index contributed by atoms with van der Waals surface area (Å²) in [6.45, 7) is 6.05. The van der Waals surface area contributed by atoms with Crippen LogP contribution in [0.1, 0.15) is 42.6 Å². The number of aryl methyl sites for hydroxylation is 1. The average molecular weight is 220 g/mol. The van der Waals surface area contributed by atoms with Crippen molar-refractivity contribution < 1.29 is 4.79 Å². The Labute approximate surface area is 97.0 Å². The van der Waals surface area contributed by atoms with Gasteiger partial charge in [-0.3, -0.25) is 4.79 Å². The molecule has 0 spiro atoms. The fourth-order valence-corrected chi connectivity index (χ4v) is 1.70. The predicted octanol–water partition coefficient (Wildman–Crippen LogP) is 2.50. The zero-order valence-electron chi connectivity index (χ0n) is 10.2. The fraction of sp³-hybridized carbons (Fsp3) is 0.462. The van der Waals surface area contributed by atoms with Gasteiger partial charge < -0.3 is 11.1 Å². The number of rotatable bonds is 4. The van der Waals surface area contributed by atoms with E-state index in [4.69, 9.17) is 5.73 Å². The van der Waals surface area contributed by atoms with Gasteiger partial charge in [0.1, 0.15) is 0 Å². The van der Waals surface area contributed by atoms with Crippen molar-refractivity contribution in [1.82, 2.24) is 5.32 Å². The van der Waals surface area contributed by atoms with E-state index in [1.807, 2.05) is 13.0 Å². The lowest BCUT2D eigenvalue weighted by atomic mass is 10.1. The van der Waals surface area contributed by atoms with Crippen molar-refractivity contribution in [3.8, 4) is 0 Å². The molecular formula is C13H20N2O. The van der Waals surface area contributed by atoms with Crippen LogP contribution in [0.15, 0.2) is 18.2 Å². The maximum absolute atomic E-state index is 12.0. The lowest BCUT2D eigenvalue weighted by Gasteiger charge is -2.15. The normalized spacial score (nSPS) is 10.5. The molecule has 16 heavy (non-hydrogen) atoms. The van der Waals surface area contributed by atoms with Gasteiger partial charge in [-0.15, -0.1) is 0 Å². The fourth-order valence-electron chi connectivity index (χ4n) is 1.70. The molecule has 1 aromatic rings. The molecular weight excluding hydrogens is 200 g/mol. The Morgan fingerprint density at radius 1 is 1.38 bits per heavy atom. The van der Waals surface area contributed by atoms with Crippen molar-refractivity contribution in [3.63, 3.8) is 0 Å². The molecule has 0 radical (unpaired) electrons. The zero-order chi connectivity index (χ0) is 12.1. The highest BCUT2D eigenvalue weighted by molar-refractivity contribution is 5.96. The second-order valence-corrected chi connectivity index (χ2v) is 4.06. The first-order valence-corrected chi connectivity index (χ1v) is 5.75. The van der Waals surface area contributed by atoms with Crippen molar-refractivity contribution in [2.24, 2.45) is 0 Å². The molecule has 0 heterocycles. The Hall–Kier alpha value is -1.51. The standard InChI is InChI=1S/C13H20N2O/c1-4-11(5-2)15-13(16)12-7-6-10(14)8-9(12)3/h6-8,11H,4-5,14H2,1-3H3,(H,15,16). The number of hydrogen-bond donors (Lipinski definition) is 2.